The fourth-order valence-electron chi connectivity index (χ4n) is 2.69. The molecule has 0 fully saturated rings. The van der Waals surface area contributed by atoms with Crippen LogP contribution in [0.3, 0.4) is 0 Å². The Morgan fingerprint density at radius 1 is 0.966 bits per heavy atom. The molecular formula is C25H34O4. The molecule has 158 valence electrons. The van der Waals surface area contributed by atoms with Crippen LogP contribution < -0.4 is 9.47 Å². The Balaban J connectivity index is 2.51. The summed E-state index contributed by atoms with van der Waals surface area (Å²) in [6.45, 7) is 9.05. The van der Waals surface area contributed by atoms with Gasteiger partial charge in [0.2, 0.25) is 0 Å². The summed E-state index contributed by atoms with van der Waals surface area (Å²) in [5, 5.41) is 8.72. The van der Waals surface area contributed by atoms with E-state index in [1.807, 2.05) is 0 Å². The van der Waals surface area contributed by atoms with E-state index in [0.717, 1.165) is 37.3 Å². The van der Waals surface area contributed by atoms with Crippen LogP contribution in [-0.2, 0) is 4.79 Å². The molecule has 4 heteroatoms. The molecule has 0 atom stereocenters. The molecule has 0 saturated carbocycles. The summed E-state index contributed by atoms with van der Waals surface area (Å²) in [5.74, 6) is 0.236. The van der Waals surface area contributed by atoms with E-state index >= 15 is 0 Å². The number of aliphatic carboxylic acids is 1. The molecule has 1 aromatic rings. The van der Waals surface area contributed by atoms with E-state index in [0.29, 0.717) is 18.1 Å². The summed E-state index contributed by atoms with van der Waals surface area (Å²) in [7, 11) is 1.57. The first-order chi connectivity index (χ1) is 13.8. The van der Waals surface area contributed by atoms with Crippen molar-refractivity contribution in [3.05, 3.63) is 64.8 Å². The maximum Gasteiger partial charge on any atom is 0.328 e. The van der Waals surface area contributed by atoms with Crippen molar-refractivity contribution in [3.8, 4) is 11.5 Å². The molecule has 1 aromatic carbocycles. The Bertz CT molecular complexity index is 778. The lowest BCUT2D eigenvalue weighted by atomic mass is 10.1. The van der Waals surface area contributed by atoms with Gasteiger partial charge in [-0.25, -0.2) is 4.79 Å². The van der Waals surface area contributed by atoms with Crippen LogP contribution in [-0.4, -0.2) is 24.8 Å². The second-order valence-electron chi connectivity index (χ2n) is 7.35. The Morgan fingerprint density at radius 3 is 2.24 bits per heavy atom. The predicted molar refractivity (Wildman–Crippen MR) is 121 cm³/mol. The number of benzene rings is 1. The topological polar surface area (TPSA) is 55.8 Å². The van der Waals surface area contributed by atoms with Crippen LogP contribution in [0.4, 0.5) is 0 Å². The first-order valence-corrected chi connectivity index (χ1v) is 9.98. The smallest absolute Gasteiger partial charge is 0.328 e. The third-order valence-corrected chi connectivity index (χ3v) is 4.40. The molecule has 0 unspecified atom stereocenters. The van der Waals surface area contributed by atoms with E-state index in [4.69, 9.17) is 14.6 Å². The molecule has 0 aromatic heterocycles. The standard InChI is InChI=1S/C25H34O4/c1-19(2)8-6-9-20(3)10-7-11-21(4)16-17-29-23-14-12-22(13-15-25(26)27)18-24(23)28-5/h8,10,12-16,18H,6-7,9,11,17H2,1-5H3,(H,26,27)/b15-13+,20-10+,21-16+. The van der Waals surface area contributed by atoms with Gasteiger partial charge in [0.15, 0.2) is 11.5 Å². The van der Waals surface area contributed by atoms with E-state index in [-0.39, 0.29) is 0 Å². The van der Waals surface area contributed by atoms with E-state index in [1.54, 1.807) is 25.3 Å². The summed E-state index contributed by atoms with van der Waals surface area (Å²) in [6.07, 6.45) is 13.6. The van der Waals surface area contributed by atoms with Gasteiger partial charge in [-0.15, -0.1) is 0 Å². The zero-order chi connectivity index (χ0) is 21.6. The monoisotopic (exact) mass is 398 g/mol. The van der Waals surface area contributed by atoms with Crippen LogP contribution in [0.25, 0.3) is 6.08 Å². The largest absolute Gasteiger partial charge is 0.493 e. The summed E-state index contributed by atoms with van der Waals surface area (Å²) in [4.78, 5) is 10.6. The normalized spacial score (nSPS) is 12.2. The molecule has 1 rings (SSSR count). The van der Waals surface area contributed by atoms with Crippen LogP contribution in [0.1, 0.15) is 58.9 Å². The third-order valence-electron chi connectivity index (χ3n) is 4.40. The Morgan fingerprint density at radius 2 is 1.62 bits per heavy atom. The van der Waals surface area contributed by atoms with E-state index in [2.05, 4.69) is 45.9 Å². The molecule has 29 heavy (non-hydrogen) atoms. The van der Waals surface area contributed by atoms with Crippen LogP contribution in [0.5, 0.6) is 11.5 Å². The van der Waals surface area contributed by atoms with Crippen molar-refractivity contribution in [2.24, 2.45) is 0 Å². The van der Waals surface area contributed by atoms with Crippen LogP contribution in [0, 0.1) is 0 Å². The zero-order valence-corrected chi connectivity index (χ0v) is 18.3. The van der Waals surface area contributed by atoms with Gasteiger partial charge in [-0.2, -0.15) is 0 Å². The molecule has 0 spiro atoms. The minimum Gasteiger partial charge on any atom is -0.493 e. The number of hydrogen-bond donors (Lipinski definition) is 1. The molecule has 0 aliphatic heterocycles. The second kappa shape index (κ2) is 13.4. The van der Waals surface area contributed by atoms with Crippen LogP contribution in [0.2, 0.25) is 0 Å². The molecule has 1 N–H and O–H groups in total. The van der Waals surface area contributed by atoms with Crippen LogP contribution in [0.15, 0.2) is 59.2 Å². The highest BCUT2D eigenvalue weighted by Crippen LogP contribution is 2.28. The number of carboxylic acid groups (broad SMARTS) is 1. The van der Waals surface area contributed by atoms with Gasteiger partial charge in [0, 0.05) is 6.08 Å². The van der Waals surface area contributed by atoms with Gasteiger partial charge in [-0.3, -0.25) is 0 Å². The van der Waals surface area contributed by atoms with E-state index in [9.17, 15) is 4.79 Å². The summed E-state index contributed by atoms with van der Waals surface area (Å²) >= 11 is 0. The number of rotatable bonds is 12. The Hall–Kier alpha value is -2.75. The van der Waals surface area contributed by atoms with Gasteiger partial charge in [-0.05, 0) is 83.2 Å². The Kier molecular flexibility index (Phi) is 11.2. The Labute approximate surface area is 175 Å². The average molecular weight is 399 g/mol. The van der Waals surface area contributed by atoms with Gasteiger partial charge in [0.1, 0.15) is 6.61 Å². The maximum atomic E-state index is 10.6. The minimum atomic E-state index is -0.983. The number of methoxy groups -OCH3 is 1. The highest BCUT2D eigenvalue weighted by Gasteiger charge is 2.04. The molecule has 0 heterocycles. The van der Waals surface area contributed by atoms with Gasteiger partial charge < -0.3 is 14.6 Å². The first-order valence-electron chi connectivity index (χ1n) is 9.98. The van der Waals surface area contributed by atoms with Crippen molar-refractivity contribution in [2.45, 2.75) is 53.4 Å². The molecule has 0 aliphatic rings. The van der Waals surface area contributed by atoms with E-state index < -0.39 is 5.97 Å². The molecule has 0 saturated heterocycles. The number of carbonyl (C=O) groups is 1. The van der Waals surface area contributed by atoms with Crippen LogP contribution >= 0.6 is 0 Å². The number of ether oxygens (including phenoxy) is 2. The average Bonchev–Trinajstić information content (AvgIpc) is 2.66. The summed E-state index contributed by atoms with van der Waals surface area (Å²) in [5.41, 5.74) is 4.85. The fraction of sp³-hybridized carbons (Fsp3) is 0.400. The molecule has 0 bridgehead atoms. The third kappa shape index (κ3) is 11.0. The predicted octanol–water partition coefficient (Wildman–Crippen LogP) is 6.59. The van der Waals surface area contributed by atoms with Crippen molar-refractivity contribution in [1.82, 2.24) is 0 Å². The fourth-order valence-corrected chi connectivity index (χ4v) is 2.69. The quantitative estimate of drug-likeness (QED) is 0.319. The van der Waals surface area contributed by atoms with Gasteiger partial charge in [0.05, 0.1) is 7.11 Å². The molecular weight excluding hydrogens is 364 g/mol. The number of allylic oxidation sites excluding steroid dienone is 5. The van der Waals surface area contributed by atoms with Gasteiger partial charge in [-0.1, -0.05) is 34.9 Å². The number of carboxylic acids is 1. The minimum absolute atomic E-state index is 0.468. The SMILES string of the molecule is COc1cc(/C=C/C(=O)O)ccc1OC/C=C(\C)CC/C=C(\C)CCC=C(C)C. The summed E-state index contributed by atoms with van der Waals surface area (Å²) < 4.78 is 11.2. The highest BCUT2D eigenvalue weighted by molar-refractivity contribution is 5.85. The van der Waals surface area contributed by atoms with Crippen molar-refractivity contribution >= 4 is 12.0 Å². The van der Waals surface area contributed by atoms with Gasteiger partial charge >= 0.3 is 5.97 Å². The van der Waals surface area contributed by atoms with Gasteiger partial charge in [0.25, 0.3) is 0 Å². The lowest BCUT2D eigenvalue weighted by Gasteiger charge is -2.10. The maximum absolute atomic E-state index is 10.6. The van der Waals surface area contributed by atoms with Crippen molar-refractivity contribution in [3.63, 3.8) is 0 Å². The van der Waals surface area contributed by atoms with Crippen molar-refractivity contribution in [2.75, 3.05) is 13.7 Å². The molecule has 0 amide bonds. The van der Waals surface area contributed by atoms with Crippen molar-refractivity contribution < 1.29 is 19.4 Å². The highest BCUT2D eigenvalue weighted by atomic mass is 16.5. The molecule has 0 radical (unpaired) electrons. The molecule has 0 aliphatic carbocycles. The lowest BCUT2D eigenvalue weighted by molar-refractivity contribution is -0.131. The lowest BCUT2D eigenvalue weighted by Crippen LogP contribution is -1.98. The second-order valence-corrected chi connectivity index (χ2v) is 7.35. The number of hydrogen-bond acceptors (Lipinski definition) is 3. The first kappa shape index (κ1) is 24.3. The van der Waals surface area contributed by atoms with E-state index in [1.165, 1.54) is 22.8 Å². The molecule has 4 nitrogen and oxygen atoms in total. The van der Waals surface area contributed by atoms with Crippen molar-refractivity contribution in [1.29, 1.82) is 0 Å². The summed E-state index contributed by atoms with van der Waals surface area (Å²) in [6, 6.07) is 5.35. The zero-order valence-electron chi connectivity index (χ0n) is 18.3.